The molecule has 0 saturated carbocycles. The van der Waals surface area contributed by atoms with E-state index in [1.54, 1.807) is 18.2 Å². The molecule has 2 unspecified atom stereocenters. The predicted molar refractivity (Wildman–Crippen MR) is 82.9 cm³/mol. The van der Waals surface area contributed by atoms with E-state index in [1.807, 2.05) is 18.2 Å². The molecule has 2 N–H and O–H groups in total. The second kappa shape index (κ2) is 5.49. The number of halogens is 1. The van der Waals surface area contributed by atoms with Crippen molar-refractivity contribution in [2.45, 2.75) is 31.2 Å². The van der Waals surface area contributed by atoms with E-state index in [0.717, 1.165) is 18.4 Å². The van der Waals surface area contributed by atoms with Crippen LogP contribution in [0.3, 0.4) is 0 Å². The Morgan fingerprint density at radius 3 is 2.67 bits per heavy atom. The summed E-state index contributed by atoms with van der Waals surface area (Å²) in [5, 5.41) is 13.3. The van der Waals surface area contributed by atoms with E-state index in [-0.39, 0.29) is 12.4 Å². The van der Waals surface area contributed by atoms with E-state index in [0.29, 0.717) is 11.6 Å². The second-order valence-electron chi connectivity index (χ2n) is 5.87. The summed E-state index contributed by atoms with van der Waals surface area (Å²) in [5.74, 6) is 0.171. The third kappa shape index (κ3) is 2.42. The third-order valence-electron chi connectivity index (χ3n) is 4.53. The molecule has 0 amide bonds. The average Bonchev–Trinajstić information content (AvgIpc) is 2.53. The topological polar surface area (TPSA) is 32.3 Å². The van der Waals surface area contributed by atoms with Crippen molar-refractivity contribution in [1.82, 2.24) is 0 Å². The summed E-state index contributed by atoms with van der Waals surface area (Å²) >= 11 is 0. The fourth-order valence-corrected chi connectivity index (χ4v) is 3.27. The van der Waals surface area contributed by atoms with Crippen LogP contribution in [0.4, 0.5) is 10.1 Å². The van der Waals surface area contributed by atoms with Gasteiger partial charge in [-0.2, -0.15) is 0 Å². The van der Waals surface area contributed by atoms with Gasteiger partial charge in [0.25, 0.3) is 0 Å². The molecule has 3 rings (SSSR count). The smallest absolute Gasteiger partial charge is 0.146 e. The van der Waals surface area contributed by atoms with Crippen LogP contribution in [0.15, 0.2) is 48.5 Å². The lowest BCUT2D eigenvalue weighted by atomic mass is 9.72. The fourth-order valence-electron chi connectivity index (χ4n) is 3.27. The highest BCUT2D eigenvalue weighted by atomic mass is 19.1. The molecule has 3 heteroatoms. The predicted octanol–water partition coefficient (Wildman–Crippen LogP) is 4.02. The maximum absolute atomic E-state index is 14.0. The molecule has 0 aromatic heterocycles. The van der Waals surface area contributed by atoms with Gasteiger partial charge in [0.05, 0.1) is 17.8 Å². The zero-order valence-corrected chi connectivity index (χ0v) is 12.1. The number of benzene rings is 2. The number of hydrogen-bond acceptors (Lipinski definition) is 2. The summed E-state index contributed by atoms with van der Waals surface area (Å²) in [6.07, 6.45) is 1.76. The van der Waals surface area contributed by atoms with Crippen molar-refractivity contribution in [3.8, 4) is 0 Å². The molecular formula is C18H20FNO. The molecule has 1 aliphatic carbocycles. The number of rotatable bonds is 3. The van der Waals surface area contributed by atoms with Crippen molar-refractivity contribution in [2.24, 2.45) is 0 Å². The number of anilines is 1. The molecule has 2 nitrogen and oxygen atoms in total. The summed E-state index contributed by atoms with van der Waals surface area (Å²) in [4.78, 5) is 0. The highest BCUT2D eigenvalue weighted by molar-refractivity contribution is 5.52. The van der Waals surface area contributed by atoms with Gasteiger partial charge in [0.15, 0.2) is 0 Å². The zero-order chi connectivity index (χ0) is 14.9. The van der Waals surface area contributed by atoms with E-state index in [2.05, 4.69) is 18.3 Å². The zero-order valence-electron chi connectivity index (χ0n) is 12.1. The number of aliphatic hydroxyl groups is 1. The van der Waals surface area contributed by atoms with Crippen molar-refractivity contribution >= 4 is 5.69 Å². The number of fused-ring (bicyclic) bond motifs is 1. The third-order valence-corrected chi connectivity index (χ3v) is 4.53. The van der Waals surface area contributed by atoms with E-state index in [1.165, 1.54) is 11.6 Å². The van der Waals surface area contributed by atoms with E-state index in [4.69, 9.17) is 0 Å². The molecule has 0 fully saturated rings. The van der Waals surface area contributed by atoms with Crippen molar-refractivity contribution in [3.05, 3.63) is 65.5 Å². The van der Waals surface area contributed by atoms with Crippen LogP contribution in [0, 0.1) is 5.82 Å². The Balaban J connectivity index is 2.05. The van der Waals surface area contributed by atoms with Gasteiger partial charge in [-0.25, -0.2) is 4.39 Å². The minimum Gasteiger partial charge on any atom is -0.394 e. The Morgan fingerprint density at radius 1 is 1.19 bits per heavy atom. The molecule has 1 aliphatic rings. The SMILES string of the molecule is CC1CCC(CO)(Nc2ccccc2F)c2ccccc21. The lowest BCUT2D eigenvalue weighted by Gasteiger charge is -2.41. The summed E-state index contributed by atoms with van der Waals surface area (Å²) in [6, 6.07) is 14.8. The van der Waals surface area contributed by atoms with Gasteiger partial charge < -0.3 is 10.4 Å². The van der Waals surface area contributed by atoms with Gasteiger partial charge in [-0.3, -0.25) is 0 Å². The Bertz CT molecular complexity index is 643. The first-order chi connectivity index (χ1) is 10.2. The number of hydrogen-bond donors (Lipinski definition) is 2. The maximum Gasteiger partial charge on any atom is 0.146 e. The van der Waals surface area contributed by atoms with Crippen LogP contribution in [0.1, 0.15) is 36.8 Å². The van der Waals surface area contributed by atoms with Crippen molar-refractivity contribution in [3.63, 3.8) is 0 Å². The molecule has 0 spiro atoms. The monoisotopic (exact) mass is 285 g/mol. The number of nitrogens with one attached hydrogen (secondary N) is 1. The molecule has 110 valence electrons. The molecule has 0 aliphatic heterocycles. The van der Waals surface area contributed by atoms with Crippen molar-refractivity contribution in [1.29, 1.82) is 0 Å². The first kappa shape index (κ1) is 14.1. The molecule has 21 heavy (non-hydrogen) atoms. The molecule has 2 atom stereocenters. The second-order valence-corrected chi connectivity index (χ2v) is 5.87. The highest BCUT2D eigenvalue weighted by Gasteiger charge is 2.38. The molecule has 0 heterocycles. The molecule has 2 aromatic carbocycles. The van der Waals surface area contributed by atoms with E-state index < -0.39 is 5.54 Å². The normalized spacial score (nSPS) is 24.4. The molecular weight excluding hydrogens is 265 g/mol. The molecule has 0 bridgehead atoms. The lowest BCUT2D eigenvalue weighted by molar-refractivity contribution is 0.190. The van der Waals surface area contributed by atoms with Gasteiger partial charge in [0, 0.05) is 0 Å². The largest absolute Gasteiger partial charge is 0.394 e. The fraction of sp³-hybridized carbons (Fsp3) is 0.333. The van der Waals surface area contributed by atoms with Gasteiger partial charge >= 0.3 is 0 Å². The summed E-state index contributed by atoms with van der Waals surface area (Å²) < 4.78 is 14.0. The summed E-state index contributed by atoms with van der Waals surface area (Å²) in [7, 11) is 0. The highest BCUT2D eigenvalue weighted by Crippen LogP contribution is 2.43. The van der Waals surface area contributed by atoms with Crippen LogP contribution >= 0.6 is 0 Å². The molecule has 0 saturated heterocycles. The quantitative estimate of drug-likeness (QED) is 0.892. The minimum atomic E-state index is -0.606. The first-order valence-corrected chi connectivity index (χ1v) is 7.39. The Morgan fingerprint density at radius 2 is 1.90 bits per heavy atom. The Hall–Kier alpha value is -1.87. The average molecular weight is 285 g/mol. The van der Waals surface area contributed by atoms with Crippen molar-refractivity contribution in [2.75, 3.05) is 11.9 Å². The number of aliphatic hydroxyl groups excluding tert-OH is 1. The summed E-state index contributed by atoms with van der Waals surface area (Å²) in [6.45, 7) is 2.15. The van der Waals surface area contributed by atoms with Gasteiger partial charge in [0.2, 0.25) is 0 Å². The lowest BCUT2D eigenvalue weighted by Crippen LogP contribution is -2.43. The van der Waals surface area contributed by atoms with Crippen LogP contribution in [-0.2, 0) is 5.54 Å². The van der Waals surface area contributed by atoms with Crippen LogP contribution in [0.25, 0.3) is 0 Å². The Labute approximate surface area is 124 Å². The van der Waals surface area contributed by atoms with Crippen LogP contribution in [0.2, 0.25) is 0 Å². The van der Waals surface area contributed by atoms with Crippen molar-refractivity contribution < 1.29 is 9.50 Å². The van der Waals surface area contributed by atoms with Crippen LogP contribution < -0.4 is 5.32 Å². The minimum absolute atomic E-state index is 0.0505. The van der Waals surface area contributed by atoms with Gasteiger partial charge in [-0.1, -0.05) is 43.3 Å². The standard InChI is InChI=1S/C18H20FNO/c1-13-10-11-18(12-21,15-7-3-2-6-14(13)15)20-17-9-5-4-8-16(17)19/h2-9,13,20-21H,10-12H2,1H3. The van der Waals surface area contributed by atoms with Crippen LogP contribution in [0.5, 0.6) is 0 Å². The summed E-state index contributed by atoms with van der Waals surface area (Å²) in [5.41, 5.74) is 2.15. The Kier molecular flexibility index (Phi) is 3.68. The number of para-hydroxylation sites is 1. The van der Waals surface area contributed by atoms with E-state index >= 15 is 0 Å². The first-order valence-electron chi connectivity index (χ1n) is 7.39. The van der Waals surface area contributed by atoms with Gasteiger partial charge in [-0.15, -0.1) is 0 Å². The molecule has 2 aromatic rings. The van der Waals surface area contributed by atoms with Gasteiger partial charge in [-0.05, 0) is 42.0 Å². The molecule has 0 radical (unpaired) electrons. The van der Waals surface area contributed by atoms with Gasteiger partial charge in [0.1, 0.15) is 5.82 Å². The maximum atomic E-state index is 14.0. The van der Waals surface area contributed by atoms with E-state index in [9.17, 15) is 9.50 Å². The van der Waals surface area contributed by atoms with Crippen LogP contribution in [-0.4, -0.2) is 11.7 Å².